The Morgan fingerprint density at radius 3 is 2.33 bits per heavy atom. The van der Waals surface area contributed by atoms with Gasteiger partial charge in [0.1, 0.15) is 0 Å². The summed E-state index contributed by atoms with van der Waals surface area (Å²) in [6, 6.07) is 0. The molecule has 2 heteroatoms. The minimum atomic E-state index is 0.464. The van der Waals surface area contributed by atoms with Gasteiger partial charge >= 0.3 is 0 Å². The second kappa shape index (κ2) is 5.53. The molecule has 0 radical (unpaired) electrons. The van der Waals surface area contributed by atoms with E-state index in [2.05, 4.69) is 17.1 Å². The highest BCUT2D eigenvalue weighted by Gasteiger charge is 2.52. The maximum atomic E-state index is 4.06. The van der Waals surface area contributed by atoms with Crippen LogP contribution in [0.4, 0.5) is 0 Å². The van der Waals surface area contributed by atoms with Crippen molar-refractivity contribution in [2.24, 2.45) is 11.8 Å². The Balaban J connectivity index is 1.50. The van der Waals surface area contributed by atoms with E-state index in [4.69, 9.17) is 0 Å². The Labute approximate surface area is 131 Å². The summed E-state index contributed by atoms with van der Waals surface area (Å²) in [6.07, 6.45) is 16.1. The Morgan fingerprint density at radius 2 is 1.67 bits per heavy atom. The van der Waals surface area contributed by atoms with Crippen LogP contribution < -0.4 is 5.32 Å². The lowest BCUT2D eigenvalue weighted by molar-refractivity contribution is -0.0207. The van der Waals surface area contributed by atoms with Crippen molar-refractivity contribution in [3.63, 3.8) is 0 Å². The first-order chi connectivity index (χ1) is 10.2. The molecule has 1 N–H and O–H groups in total. The standard InChI is InChI=1S/C19H34N2/c1-18(17-9-10-17)14-20-19(11-5-2-6-12-19)15-21(18)13-16-7-3-4-8-16/h16-17,20H,2-15H2,1H3. The predicted molar refractivity (Wildman–Crippen MR) is 88.5 cm³/mol. The summed E-state index contributed by atoms with van der Waals surface area (Å²) in [6.45, 7) is 6.57. The van der Waals surface area contributed by atoms with Crippen molar-refractivity contribution in [3.05, 3.63) is 0 Å². The zero-order valence-electron chi connectivity index (χ0n) is 14.0. The average Bonchev–Trinajstić information content (AvgIpc) is 3.24. The molecule has 0 aromatic carbocycles. The summed E-state index contributed by atoms with van der Waals surface area (Å²) in [7, 11) is 0. The van der Waals surface area contributed by atoms with Crippen molar-refractivity contribution < 1.29 is 0 Å². The fourth-order valence-electron chi connectivity index (χ4n) is 5.53. The largest absolute Gasteiger partial charge is 0.308 e. The van der Waals surface area contributed by atoms with Crippen molar-refractivity contribution in [3.8, 4) is 0 Å². The maximum absolute atomic E-state index is 4.06. The van der Waals surface area contributed by atoms with E-state index in [-0.39, 0.29) is 0 Å². The van der Waals surface area contributed by atoms with Crippen molar-refractivity contribution in [1.82, 2.24) is 10.2 Å². The van der Waals surface area contributed by atoms with E-state index < -0.39 is 0 Å². The third-order valence-corrected chi connectivity index (χ3v) is 7.26. The van der Waals surface area contributed by atoms with Gasteiger partial charge in [-0.05, 0) is 57.3 Å². The molecule has 120 valence electrons. The first-order valence-corrected chi connectivity index (χ1v) is 9.70. The van der Waals surface area contributed by atoms with Gasteiger partial charge in [-0.3, -0.25) is 4.90 Å². The average molecular weight is 290 g/mol. The molecule has 0 aromatic rings. The van der Waals surface area contributed by atoms with Crippen molar-refractivity contribution >= 4 is 0 Å². The van der Waals surface area contributed by atoms with E-state index in [9.17, 15) is 0 Å². The van der Waals surface area contributed by atoms with Crippen LogP contribution >= 0.6 is 0 Å². The van der Waals surface area contributed by atoms with Gasteiger partial charge in [0.25, 0.3) is 0 Å². The van der Waals surface area contributed by atoms with Gasteiger partial charge in [-0.1, -0.05) is 32.1 Å². The fraction of sp³-hybridized carbons (Fsp3) is 1.00. The van der Waals surface area contributed by atoms with Gasteiger partial charge in [0.15, 0.2) is 0 Å². The molecule has 1 aliphatic heterocycles. The first-order valence-electron chi connectivity index (χ1n) is 9.70. The molecular weight excluding hydrogens is 256 g/mol. The molecule has 4 rings (SSSR count). The molecule has 1 spiro atoms. The van der Waals surface area contributed by atoms with Crippen LogP contribution in [0, 0.1) is 11.8 Å². The van der Waals surface area contributed by atoms with Crippen molar-refractivity contribution in [2.75, 3.05) is 19.6 Å². The summed E-state index contributed by atoms with van der Waals surface area (Å²) < 4.78 is 0. The molecular formula is C19H34N2. The highest BCUT2D eigenvalue weighted by molar-refractivity contribution is 5.10. The van der Waals surface area contributed by atoms with Gasteiger partial charge in [0.2, 0.25) is 0 Å². The molecule has 0 amide bonds. The lowest BCUT2D eigenvalue weighted by Gasteiger charge is -2.55. The van der Waals surface area contributed by atoms with E-state index in [1.807, 2.05) is 0 Å². The highest BCUT2D eigenvalue weighted by atomic mass is 15.3. The van der Waals surface area contributed by atoms with E-state index in [1.165, 1.54) is 90.3 Å². The molecule has 4 aliphatic rings. The number of piperazine rings is 1. The van der Waals surface area contributed by atoms with E-state index >= 15 is 0 Å². The number of hydrogen-bond acceptors (Lipinski definition) is 2. The molecule has 21 heavy (non-hydrogen) atoms. The van der Waals surface area contributed by atoms with Crippen molar-refractivity contribution in [2.45, 2.75) is 88.6 Å². The molecule has 0 bridgehead atoms. The van der Waals surface area contributed by atoms with Crippen molar-refractivity contribution in [1.29, 1.82) is 0 Å². The molecule has 4 fully saturated rings. The Morgan fingerprint density at radius 1 is 0.952 bits per heavy atom. The van der Waals surface area contributed by atoms with Crippen LogP contribution in [-0.4, -0.2) is 35.6 Å². The fourth-order valence-corrected chi connectivity index (χ4v) is 5.53. The maximum Gasteiger partial charge on any atom is 0.0335 e. The molecule has 3 saturated carbocycles. The molecule has 1 saturated heterocycles. The van der Waals surface area contributed by atoms with Crippen LogP contribution in [0.1, 0.15) is 77.6 Å². The van der Waals surface area contributed by atoms with Crippen LogP contribution in [-0.2, 0) is 0 Å². The number of hydrogen-bond donors (Lipinski definition) is 1. The number of nitrogens with zero attached hydrogens (tertiary/aromatic N) is 1. The van der Waals surface area contributed by atoms with Gasteiger partial charge in [-0.15, -0.1) is 0 Å². The molecule has 2 nitrogen and oxygen atoms in total. The highest BCUT2D eigenvalue weighted by Crippen LogP contribution is 2.47. The van der Waals surface area contributed by atoms with Crippen LogP contribution in [0.2, 0.25) is 0 Å². The van der Waals surface area contributed by atoms with Crippen LogP contribution in [0.25, 0.3) is 0 Å². The second-order valence-corrected chi connectivity index (χ2v) is 8.86. The Bertz CT molecular complexity index is 364. The zero-order chi connectivity index (χ0) is 14.3. The molecule has 1 atom stereocenters. The van der Waals surface area contributed by atoms with E-state index in [1.54, 1.807) is 0 Å². The summed E-state index contributed by atoms with van der Waals surface area (Å²) in [5.74, 6) is 1.98. The van der Waals surface area contributed by atoms with Gasteiger partial charge in [0, 0.05) is 30.7 Å². The SMILES string of the molecule is CC1(C2CC2)CNC2(CCCCC2)CN1CC1CCCC1. The second-order valence-electron chi connectivity index (χ2n) is 8.86. The van der Waals surface area contributed by atoms with Crippen LogP contribution in [0.5, 0.6) is 0 Å². The van der Waals surface area contributed by atoms with Crippen LogP contribution in [0.15, 0.2) is 0 Å². The topological polar surface area (TPSA) is 15.3 Å². The Kier molecular flexibility index (Phi) is 3.82. The van der Waals surface area contributed by atoms with Crippen LogP contribution in [0.3, 0.4) is 0 Å². The smallest absolute Gasteiger partial charge is 0.0335 e. The quantitative estimate of drug-likeness (QED) is 0.846. The molecule has 1 heterocycles. The van der Waals surface area contributed by atoms with E-state index in [0.29, 0.717) is 11.1 Å². The molecule has 1 unspecified atom stereocenters. The number of nitrogens with one attached hydrogen (secondary N) is 1. The predicted octanol–water partition coefficient (Wildman–Crippen LogP) is 3.95. The monoisotopic (exact) mass is 290 g/mol. The minimum absolute atomic E-state index is 0.464. The molecule has 0 aromatic heterocycles. The van der Waals surface area contributed by atoms with Gasteiger partial charge in [-0.25, -0.2) is 0 Å². The van der Waals surface area contributed by atoms with Gasteiger partial charge in [-0.2, -0.15) is 0 Å². The zero-order valence-corrected chi connectivity index (χ0v) is 14.0. The normalized spacial score (nSPS) is 38.1. The lowest BCUT2D eigenvalue weighted by atomic mass is 9.76. The number of rotatable bonds is 3. The third-order valence-electron chi connectivity index (χ3n) is 7.26. The Hall–Kier alpha value is -0.0800. The van der Waals surface area contributed by atoms with E-state index in [0.717, 1.165) is 11.8 Å². The first kappa shape index (κ1) is 14.5. The summed E-state index contributed by atoms with van der Waals surface area (Å²) in [4.78, 5) is 2.97. The summed E-state index contributed by atoms with van der Waals surface area (Å²) >= 11 is 0. The summed E-state index contributed by atoms with van der Waals surface area (Å²) in [5.41, 5.74) is 0.941. The third kappa shape index (κ3) is 2.79. The molecule has 3 aliphatic carbocycles. The van der Waals surface area contributed by atoms with Gasteiger partial charge in [0.05, 0.1) is 0 Å². The van der Waals surface area contributed by atoms with Gasteiger partial charge < -0.3 is 5.32 Å². The summed E-state index contributed by atoms with van der Waals surface area (Å²) in [5, 5.41) is 4.06. The minimum Gasteiger partial charge on any atom is -0.308 e. The lowest BCUT2D eigenvalue weighted by Crippen LogP contribution is -2.70.